The second-order valence-electron chi connectivity index (χ2n) is 4.86. The Labute approximate surface area is 117 Å². The smallest absolute Gasteiger partial charge is 0.322 e. The Balaban J connectivity index is 2.22. The van der Waals surface area contributed by atoms with Gasteiger partial charge in [-0.15, -0.1) is 0 Å². The molecule has 0 aliphatic heterocycles. The number of halogens is 1. The van der Waals surface area contributed by atoms with Crippen molar-refractivity contribution < 1.29 is 9.84 Å². The highest BCUT2D eigenvalue weighted by atomic mass is 35.5. The van der Waals surface area contributed by atoms with Crippen molar-refractivity contribution in [1.82, 2.24) is 15.0 Å². The molecule has 0 atom stereocenters. The van der Waals surface area contributed by atoms with E-state index in [4.69, 9.17) is 16.3 Å². The summed E-state index contributed by atoms with van der Waals surface area (Å²) in [4.78, 5) is 14.4. The van der Waals surface area contributed by atoms with Gasteiger partial charge in [-0.25, -0.2) is 0 Å². The lowest BCUT2D eigenvalue weighted by Gasteiger charge is -2.37. The summed E-state index contributed by atoms with van der Waals surface area (Å²) < 4.78 is 5.46. The lowest BCUT2D eigenvalue weighted by atomic mass is 9.92. The number of hydrogen-bond acceptors (Lipinski definition) is 6. The Morgan fingerprint density at radius 1 is 1.37 bits per heavy atom. The Kier molecular flexibility index (Phi) is 4.76. The average molecular weight is 287 g/mol. The summed E-state index contributed by atoms with van der Waals surface area (Å²) in [6, 6.07) is 0.602. The minimum absolute atomic E-state index is 0.0266. The van der Waals surface area contributed by atoms with Crippen molar-refractivity contribution in [3.63, 3.8) is 0 Å². The minimum Gasteiger partial charge on any atom is -0.461 e. The molecule has 1 saturated carbocycles. The molecule has 0 unspecified atom stereocenters. The average Bonchev–Trinajstić information content (AvgIpc) is 2.24. The molecule has 1 fully saturated rings. The number of aliphatic hydroxyl groups is 1. The van der Waals surface area contributed by atoms with Crippen LogP contribution in [0.3, 0.4) is 0 Å². The van der Waals surface area contributed by atoms with E-state index in [1.54, 1.807) is 0 Å². The van der Waals surface area contributed by atoms with Gasteiger partial charge in [-0.1, -0.05) is 0 Å². The van der Waals surface area contributed by atoms with Crippen LogP contribution >= 0.6 is 11.6 Å². The van der Waals surface area contributed by atoms with Crippen LogP contribution in [-0.2, 0) is 0 Å². The van der Waals surface area contributed by atoms with E-state index in [2.05, 4.69) is 15.0 Å². The Morgan fingerprint density at radius 3 is 2.63 bits per heavy atom. The molecule has 1 aromatic heterocycles. The predicted molar refractivity (Wildman–Crippen MR) is 72.7 cm³/mol. The number of nitrogens with zero attached hydrogens (tertiary/aromatic N) is 4. The number of aliphatic hydroxyl groups excluding tert-OH is 1. The molecule has 0 bridgehead atoms. The monoisotopic (exact) mass is 286 g/mol. The first-order valence-electron chi connectivity index (χ1n) is 6.56. The Bertz CT molecular complexity index is 426. The molecule has 106 valence electrons. The summed E-state index contributed by atoms with van der Waals surface area (Å²) in [6.45, 7) is 4.34. The molecule has 0 spiro atoms. The zero-order chi connectivity index (χ0) is 13.8. The molecule has 0 radical (unpaired) electrons. The van der Waals surface area contributed by atoms with Crippen LogP contribution in [0.15, 0.2) is 0 Å². The molecular weight excluding hydrogens is 268 g/mol. The van der Waals surface area contributed by atoms with E-state index >= 15 is 0 Å². The number of hydrogen-bond donors (Lipinski definition) is 1. The van der Waals surface area contributed by atoms with Gasteiger partial charge in [0.1, 0.15) is 0 Å². The number of rotatable bonds is 6. The van der Waals surface area contributed by atoms with Crippen LogP contribution in [0.25, 0.3) is 0 Å². The first-order chi connectivity index (χ1) is 9.10. The number of ether oxygens (including phenoxy) is 1. The van der Waals surface area contributed by atoms with E-state index in [9.17, 15) is 5.11 Å². The largest absolute Gasteiger partial charge is 0.461 e. The van der Waals surface area contributed by atoms with Crippen molar-refractivity contribution in [2.45, 2.75) is 45.3 Å². The molecule has 1 aromatic rings. The fraction of sp³-hybridized carbons (Fsp3) is 0.750. The summed E-state index contributed by atoms with van der Waals surface area (Å²) in [5, 5.41) is 9.29. The highest BCUT2D eigenvalue weighted by molar-refractivity contribution is 6.28. The molecule has 2 rings (SSSR count). The second-order valence-corrected chi connectivity index (χ2v) is 5.19. The van der Waals surface area contributed by atoms with Crippen molar-refractivity contribution in [2.75, 3.05) is 18.1 Å². The van der Waals surface area contributed by atoms with Crippen molar-refractivity contribution in [3.05, 3.63) is 5.28 Å². The minimum atomic E-state index is -0.0266. The number of aromatic nitrogens is 3. The lowest BCUT2D eigenvalue weighted by Crippen LogP contribution is -2.43. The van der Waals surface area contributed by atoms with Crippen LogP contribution in [0.2, 0.25) is 5.28 Å². The van der Waals surface area contributed by atoms with Gasteiger partial charge in [0.2, 0.25) is 11.2 Å². The molecule has 1 N–H and O–H groups in total. The van der Waals surface area contributed by atoms with Gasteiger partial charge in [-0.05, 0) is 44.7 Å². The van der Waals surface area contributed by atoms with Gasteiger partial charge >= 0.3 is 6.01 Å². The van der Waals surface area contributed by atoms with E-state index in [1.165, 1.54) is 6.42 Å². The summed E-state index contributed by atoms with van der Waals surface area (Å²) in [6.07, 6.45) is 3.34. The maximum Gasteiger partial charge on any atom is 0.322 e. The fourth-order valence-electron chi connectivity index (χ4n) is 1.97. The normalized spacial score (nSPS) is 15.4. The first kappa shape index (κ1) is 14.3. The van der Waals surface area contributed by atoms with Crippen molar-refractivity contribution in [1.29, 1.82) is 0 Å². The van der Waals surface area contributed by atoms with Gasteiger partial charge in [0, 0.05) is 12.6 Å². The highest BCUT2D eigenvalue weighted by Gasteiger charge is 2.27. The third kappa shape index (κ3) is 3.67. The number of anilines is 1. The van der Waals surface area contributed by atoms with Gasteiger partial charge < -0.3 is 14.7 Å². The van der Waals surface area contributed by atoms with E-state index in [0.29, 0.717) is 18.5 Å². The zero-order valence-electron chi connectivity index (χ0n) is 11.2. The molecule has 0 amide bonds. The quantitative estimate of drug-likeness (QED) is 0.858. The van der Waals surface area contributed by atoms with Gasteiger partial charge in [0.15, 0.2) is 0 Å². The van der Waals surface area contributed by atoms with Gasteiger partial charge in [-0.3, -0.25) is 0 Å². The standard InChI is InChI=1S/C12H19ClN4O2/c1-8(2)19-12-15-10(13)14-11(16-12)17(6-7-18)9-4-3-5-9/h8-9,18H,3-7H2,1-2H3. The molecule has 0 saturated heterocycles. The summed E-state index contributed by atoms with van der Waals surface area (Å²) in [5.74, 6) is 0.481. The van der Waals surface area contributed by atoms with E-state index in [1.807, 2.05) is 18.7 Å². The van der Waals surface area contributed by atoms with Crippen LogP contribution in [0.1, 0.15) is 33.1 Å². The highest BCUT2D eigenvalue weighted by Crippen LogP contribution is 2.28. The van der Waals surface area contributed by atoms with Crippen molar-refractivity contribution >= 4 is 17.5 Å². The molecular formula is C12H19ClN4O2. The molecule has 1 aliphatic carbocycles. The zero-order valence-corrected chi connectivity index (χ0v) is 12.0. The van der Waals surface area contributed by atoms with E-state index < -0.39 is 0 Å². The van der Waals surface area contributed by atoms with Crippen LogP contribution in [0, 0.1) is 0 Å². The maximum atomic E-state index is 9.17. The van der Waals surface area contributed by atoms with Crippen LogP contribution < -0.4 is 9.64 Å². The summed E-state index contributed by atoms with van der Waals surface area (Å²) >= 11 is 5.91. The first-order valence-corrected chi connectivity index (χ1v) is 6.93. The predicted octanol–water partition coefficient (Wildman–Crippen LogP) is 1.66. The van der Waals surface area contributed by atoms with Crippen molar-refractivity contribution in [2.24, 2.45) is 0 Å². The second kappa shape index (κ2) is 6.34. The van der Waals surface area contributed by atoms with Crippen LogP contribution in [0.4, 0.5) is 5.95 Å². The van der Waals surface area contributed by atoms with Crippen LogP contribution in [-0.4, -0.2) is 45.4 Å². The third-order valence-electron chi connectivity index (χ3n) is 3.03. The van der Waals surface area contributed by atoms with Gasteiger partial charge in [0.25, 0.3) is 0 Å². The fourth-order valence-corrected chi connectivity index (χ4v) is 2.11. The lowest BCUT2D eigenvalue weighted by molar-refractivity contribution is 0.220. The van der Waals surface area contributed by atoms with E-state index in [-0.39, 0.29) is 24.0 Å². The molecule has 6 nitrogen and oxygen atoms in total. The Morgan fingerprint density at radius 2 is 2.11 bits per heavy atom. The van der Waals surface area contributed by atoms with Gasteiger partial charge in [0.05, 0.1) is 12.7 Å². The maximum absolute atomic E-state index is 9.17. The summed E-state index contributed by atoms with van der Waals surface area (Å²) in [5.41, 5.74) is 0. The van der Waals surface area contributed by atoms with Crippen LogP contribution in [0.5, 0.6) is 6.01 Å². The van der Waals surface area contributed by atoms with E-state index in [0.717, 1.165) is 12.8 Å². The molecule has 1 aliphatic rings. The summed E-state index contributed by atoms with van der Waals surface area (Å²) in [7, 11) is 0. The Hall–Kier alpha value is -1.14. The SMILES string of the molecule is CC(C)Oc1nc(Cl)nc(N(CCO)C2CCC2)n1. The molecule has 0 aromatic carbocycles. The van der Waals surface area contributed by atoms with Gasteiger partial charge in [-0.2, -0.15) is 15.0 Å². The molecule has 1 heterocycles. The topological polar surface area (TPSA) is 71.4 Å². The molecule has 19 heavy (non-hydrogen) atoms. The third-order valence-corrected chi connectivity index (χ3v) is 3.20. The van der Waals surface area contributed by atoms with Crippen molar-refractivity contribution in [3.8, 4) is 6.01 Å². The molecule has 7 heteroatoms.